The lowest BCUT2D eigenvalue weighted by molar-refractivity contribution is 0.104. The first-order chi connectivity index (χ1) is 8.65. The minimum atomic E-state index is 0.0410. The average Bonchev–Trinajstić information content (AvgIpc) is 2.38. The van der Waals surface area contributed by atoms with Gasteiger partial charge in [-0.25, -0.2) is 0 Å². The molecule has 0 heterocycles. The van der Waals surface area contributed by atoms with Crippen LogP contribution in [0.2, 0.25) is 0 Å². The Bertz CT molecular complexity index is 577. The van der Waals surface area contributed by atoms with Crippen LogP contribution in [0.15, 0.2) is 54.6 Å². The summed E-state index contributed by atoms with van der Waals surface area (Å²) in [6, 6.07) is 15.7. The van der Waals surface area contributed by atoms with Crippen LogP contribution in [0.3, 0.4) is 0 Å². The third kappa shape index (κ3) is 3.17. The fraction of sp³-hybridized carbons (Fsp3) is 0.118. The Kier molecular flexibility index (Phi) is 3.73. The minimum Gasteiger partial charge on any atom is -0.289 e. The molecule has 1 heteroatoms. The highest BCUT2D eigenvalue weighted by Crippen LogP contribution is 2.08. The van der Waals surface area contributed by atoms with E-state index in [2.05, 4.69) is 0 Å². The van der Waals surface area contributed by atoms with E-state index < -0.39 is 0 Å². The van der Waals surface area contributed by atoms with E-state index >= 15 is 0 Å². The fourth-order valence-corrected chi connectivity index (χ4v) is 1.74. The van der Waals surface area contributed by atoms with Crippen LogP contribution >= 0.6 is 0 Å². The number of allylic oxidation sites excluding steroid dienone is 1. The number of carbonyl (C=O) groups excluding carboxylic acids is 1. The first-order valence-corrected chi connectivity index (χ1v) is 6.01. The second kappa shape index (κ2) is 5.46. The van der Waals surface area contributed by atoms with Crippen molar-refractivity contribution in [3.05, 3.63) is 76.9 Å². The first kappa shape index (κ1) is 12.3. The molecule has 0 spiro atoms. The van der Waals surface area contributed by atoms with Crippen LogP contribution in [0.5, 0.6) is 0 Å². The highest BCUT2D eigenvalue weighted by Gasteiger charge is 2.00. The second-order valence-corrected chi connectivity index (χ2v) is 4.48. The van der Waals surface area contributed by atoms with E-state index in [1.54, 1.807) is 6.08 Å². The van der Waals surface area contributed by atoms with Crippen molar-refractivity contribution in [3.8, 4) is 0 Å². The first-order valence-electron chi connectivity index (χ1n) is 6.01. The van der Waals surface area contributed by atoms with Gasteiger partial charge in [-0.2, -0.15) is 0 Å². The van der Waals surface area contributed by atoms with Crippen molar-refractivity contribution in [2.75, 3.05) is 0 Å². The Morgan fingerprint density at radius 3 is 2.33 bits per heavy atom. The topological polar surface area (TPSA) is 17.1 Å². The number of carbonyl (C=O) groups is 1. The summed E-state index contributed by atoms with van der Waals surface area (Å²) in [7, 11) is 0. The molecule has 0 saturated heterocycles. The van der Waals surface area contributed by atoms with Crippen LogP contribution < -0.4 is 0 Å². The summed E-state index contributed by atoms with van der Waals surface area (Å²) in [5.41, 5.74) is 4.10. The van der Waals surface area contributed by atoms with Gasteiger partial charge in [-0.3, -0.25) is 4.79 Å². The van der Waals surface area contributed by atoms with Crippen LogP contribution in [0.4, 0.5) is 0 Å². The number of benzene rings is 2. The number of hydrogen-bond acceptors (Lipinski definition) is 1. The zero-order chi connectivity index (χ0) is 13.0. The zero-order valence-corrected chi connectivity index (χ0v) is 10.7. The summed E-state index contributed by atoms with van der Waals surface area (Å²) < 4.78 is 0. The molecule has 90 valence electrons. The molecule has 18 heavy (non-hydrogen) atoms. The van der Waals surface area contributed by atoms with Crippen molar-refractivity contribution < 1.29 is 4.79 Å². The van der Waals surface area contributed by atoms with Crippen LogP contribution in [0, 0.1) is 13.8 Å². The summed E-state index contributed by atoms with van der Waals surface area (Å²) in [5, 5.41) is 0. The monoisotopic (exact) mass is 236 g/mol. The fourth-order valence-electron chi connectivity index (χ4n) is 1.74. The minimum absolute atomic E-state index is 0.0410. The maximum absolute atomic E-state index is 12.0. The van der Waals surface area contributed by atoms with Crippen LogP contribution in [0.1, 0.15) is 27.0 Å². The third-order valence-corrected chi connectivity index (χ3v) is 2.81. The van der Waals surface area contributed by atoms with E-state index in [0.717, 1.165) is 16.7 Å². The SMILES string of the molecule is Cc1ccc(/C=C/C(=O)c2cccc(C)c2)cc1. The van der Waals surface area contributed by atoms with Gasteiger partial charge in [0.1, 0.15) is 0 Å². The molecule has 0 amide bonds. The van der Waals surface area contributed by atoms with Gasteiger partial charge in [-0.1, -0.05) is 59.7 Å². The Balaban J connectivity index is 2.14. The van der Waals surface area contributed by atoms with Gasteiger partial charge in [0.05, 0.1) is 0 Å². The van der Waals surface area contributed by atoms with Crippen molar-refractivity contribution in [2.24, 2.45) is 0 Å². The Morgan fingerprint density at radius 2 is 1.67 bits per heavy atom. The third-order valence-electron chi connectivity index (χ3n) is 2.81. The van der Waals surface area contributed by atoms with Crippen molar-refractivity contribution in [1.82, 2.24) is 0 Å². The maximum atomic E-state index is 12.0. The van der Waals surface area contributed by atoms with E-state index in [4.69, 9.17) is 0 Å². The lowest BCUT2D eigenvalue weighted by Gasteiger charge is -1.98. The van der Waals surface area contributed by atoms with Gasteiger partial charge in [0, 0.05) is 5.56 Å². The molecule has 0 bridgehead atoms. The largest absolute Gasteiger partial charge is 0.289 e. The molecular formula is C17H16O. The van der Waals surface area contributed by atoms with Crippen LogP contribution in [0.25, 0.3) is 6.08 Å². The number of ketones is 1. The van der Waals surface area contributed by atoms with Gasteiger partial charge in [0.25, 0.3) is 0 Å². The van der Waals surface area contributed by atoms with Crippen molar-refractivity contribution in [3.63, 3.8) is 0 Å². The van der Waals surface area contributed by atoms with Gasteiger partial charge in [0.2, 0.25) is 0 Å². The van der Waals surface area contributed by atoms with E-state index in [1.165, 1.54) is 5.56 Å². The average molecular weight is 236 g/mol. The van der Waals surface area contributed by atoms with Crippen molar-refractivity contribution in [1.29, 1.82) is 0 Å². The van der Waals surface area contributed by atoms with Crippen molar-refractivity contribution >= 4 is 11.9 Å². The van der Waals surface area contributed by atoms with E-state index in [-0.39, 0.29) is 5.78 Å². The summed E-state index contributed by atoms with van der Waals surface area (Å²) in [6.07, 6.45) is 3.48. The normalized spacial score (nSPS) is 10.8. The molecule has 0 aliphatic heterocycles. The lowest BCUT2D eigenvalue weighted by Crippen LogP contribution is -1.94. The Labute approximate surface area is 108 Å². The standard InChI is InChI=1S/C17H16O/c1-13-6-8-15(9-7-13)10-11-17(18)16-5-3-4-14(2)12-16/h3-12H,1-2H3/b11-10+. The number of rotatable bonds is 3. The van der Waals surface area contributed by atoms with E-state index in [9.17, 15) is 4.79 Å². The second-order valence-electron chi connectivity index (χ2n) is 4.48. The van der Waals surface area contributed by atoms with Gasteiger partial charge in [-0.15, -0.1) is 0 Å². The highest BCUT2D eigenvalue weighted by molar-refractivity contribution is 6.06. The number of hydrogen-bond donors (Lipinski definition) is 0. The molecule has 0 N–H and O–H groups in total. The summed E-state index contributed by atoms with van der Waals surface area (Å²) >= 11 is 0. The van der Waals surface area contributed by atoms with E-state index in [0.29, 0.717) is 0 Å². The maximum Gasteiger partial charge on any atom is 0.185 e. The molecule has 0 saturated carbocycles. The highest BCUT2D eigenvalue weighted by atomic mass is 16.1. The van der Waals surface area contributed by atoms with E-state index in [1.807, 2.05) is 68.5 Å². The molecule has 2 aromatic rings. The quantitative estimate of drug-likeness (QED) is 0.576. The predicted octanol–water partition coefficient (Wildman–Crippen LogP) is 4.20. The number of aryl methyl sites for hydroxylation is 2. The van der Waals surface area contributed by atoms with Gasteiger partial charge in [0.15, 0.2) is 5.78 Å². The molecule has 0 aliphatic carbocycles. The zero-order valence-electron chi connectivity index (χ0n) is 10.7. The smallest absolute Gasteiger partial charge is 0.185 e. The molecule has 1 nitrogen and oxygen atoms in total. The molecule has 2 rings (SSSR count). The molecule has 0 fully saturated rings. The Morgan fingerprint density at radius 1 is 0.944 bits per heavy atom. The Hall–Kier alpha value is -2.15. The molecule has 0 unspecified atom stereocenters. The summed E-state index contributed by atoms with van der Waals surface area (Å²) in [6.45, 7) is 4.03. The predicted molar refractivity (Wildman–Crippen MR) is 75.7 cm³/mol. The molecule has 0 aliphatic rings. The summed E-state index contributed by atoms with van der Waals surface area (Å²) in [5.74, 6) is 0.0410. The molecule has 0 radical (unpaired) electrons. The van der Waals surface area contributed by atoms with Crippen molar-refractivity contribution in [2.45, 2.75) is 13.8 Å². The summed E-state index contributed by atoms with van der Waals surface area (Å²) in [4.78, 5) is 12.0. The molecule has 0 aromatic heterocycles. The molecular weight excluding hydrogens is 220 g/mol. The van der Waals surface area contributed by atoms with Gasteiger partial charge in [-0.05, 0) is 31.6 Å². The van der Waals surface area contributed by atoms with Gasteiger partial charge >= 0.3 is 0 Å². The lowest BCUT2D eigenvalue weighted by atomic mass is 10.1. The van der Waals surface area contributed by atoms with Gasteiger partial charge < -0.3 is 0 Å². The van der Waals surface area contributed by atoms with Crippen LogP contribution in [-0.4, -0.2) is 5.78 Å². The molecule has 0 atom stereocenters. The molecule has 2 aromatic carbocycles. The van der Waals surface area contributed by atoms with Crippen LogP contribution in [-0.2, 0) is 0 Å².